The Morgan fingerprint density at radius 2 is 1.77 bits per heavy atom. The number of anilines is 2. The van der Waals surface area contributed by atoms with Gasteiger partial charge in [-0.05, 0) is 49.1 Å². The van der Waals surface area contributed by atoms with Crippen LogP contribution >= 0.6 is 0 Å². The van der Waals surface area contributed by atoms with Crippen LogP contribution in [0.4, 0.5) is 11.4 Å². The molecule has 0 bridgehead atoms. The highest BCUT2D eigenvalue weighted by Gasteiger charge is 2.19. The summed E-state index contributed by atoms with van der Waals surface area (Å²) in [5.74, 6) is -0.475. The zero-order chi connectivity index (χ0) is 21.8. The predicted octanol–water partition coefficient (Wildman–Crippen LogP) is 4.64. The Labute approximate surface area is 181 Å². The molecule has 31 heavy (non-hydrogen) atoms. The van der Waals surface area contributed by atoms with Gasteiger partial charge in [-0.1, -0.05) is 37.5 Å². The van der Waals surface area contributed by atoms with Crippen LogP contribution in [0.3, 0.4) is 0 Å². The minimum Gasteiger partial charge on any atom is -0.360 e. The number of aryl methyl sites for hydroxylation is 1. The molecule has 1 aliphatic heterocycles. The maximum Gasteiger partial charge on any atom is 0.261 e. The van der Waals surface area contributed by atoms with Gasteiger partial charge in [-0.2, -0.15) is 0 Å². The lowest BCUT2D eigenvalue weighted by molar-refractivity contribution is -0.116. The van der Waals surface area contributed by atoms with Crippen LogP contribution < -0.4 is 15.6 Å². The van der Waals surface area contributed by atoms with Crippen molar-refractivity contribution in [2.45, 2.75) is 45.4 Å². The lowest BCUT2D eigenvalue weighted by Gasteiger charge is -2.26. The predicted molar refractivity (Wildman–Crippen MR) is 124 cm³/mol. The second kappa shape index (κ2) is 9.16. The lowest BCUT2D eigenvalue weighted by Crippen LogP contribution is -2.31. The number of nitrogens with zero attached hydrogens (tertiary/aromatic N) is 1. The number of carbonyl (C=O) groups is 2. The minimum absolute atomic E-state index is 0.00345. The van der Waals surface area contributed by atoms with Crippen molar-refractivity contribution in [3.05, 3.63) is 70.0 Å². The van der Waals surface area contributed by atoms with Crippen LogP contribution in [-0.2, 0) is 11.2 Å². The van der Waals surface area contributed by atoms with Gasteiger partial charge in [0.1, 0.15) is 5.56 Å². The van der Waals surface area contributed by atoms with Gasteiger partial charge in [-0.15, -0.1) is 0 Å². The van der Waals surface area contributed by atoms with Crippen molar-refractivity contribution in [3.8, 4) is 0 Å². The molecular weight excluding hydrogens is 390 g/mol. The van der Waals surface area contributed by atoms with Crippen LogP contribution in [0.1, 0.15) is 54.9 Å². The Hall–Kier alpha value is -3.41. The molecule has 0 saturated heterocycles. The van der Waals surface area contributed by atoms with E-state index in [-0.39, 0.29) is 16.9 Å². The van der Waals surface area contributed by atoms with E-state index in [4.69, 9.17) is 0 Å². The summed E-state index contributed by atoms with van der Waals surface area (Å²) in [7, 11) is 0. The highest BCUT2D eigenvalue weighted by atomic mass is 16.2. The first kappa shape index (κ1) is 20.8. The summed E-state index contributed by atoms with van der Waals surface area (Å²) in [5.41, 5.74) is 2.96. The molecule has 4 rings (SSSR count). The zero-order valence-electron chi connectivity index (χ0n) is 17.7. The van der Waals surface area contributed by atoms with Gasteiger partial charge in [0.05, 0.1) is 0 Å². The largest absolute Gasteiger partial charge is 0.360 e. The number of rotatable bonds is 2. The quantitative estimate of drug-likeness (QED) is 0.637. The fraction of sp³-hybridized carbons (Fsp3) is 0.320. The van der Waals surface area contributed by atoms with Gasteiger partial charge >= 0.3 is 0 Å². The van der Waals surface area contributed by atoms with Gasteiger partial charge in [0, 0.05) is 41.9 Å². The van der Waals surface area contributed by atoms with Gasteiger partial charge in [0.2, 0.25) is 11.3 Å². The van der Waals surface area contributed by atoms with Crippen LogP contribution in [0.15, 0.2) is 53.5 Å². The number of pyridine rings is 1. The molecule has 6 heteroatoms. The van der Waals surface area contributed by atoms with E-state index in [2.05, 4.69) is 10.3 Å². The third-order valence-corrected chi connectivity index (χ3v) is 5.87. The molecule has 0 spiro atoms. The molecule has 0 unspecified atom stereocenters. The fourth-order valence-electron chi connectivity index (χ4n) is 4.20. The molecule has 6 nitrogen and oxygen atoms in total. The summed E-state index contributed by atoms with van der Waals surface area (Å²) in [6, 6.07) is 12.8. The van der Waals surface area contributed by atoms with E-state index in [0.717, 1.165) is 36.9 Å². The molecule has 1 aliphatic rings. The first-order chi connectivity index (χ1) is 15.0. The Morgan fingerprint density at radius 3 is 2.61 bits per heavy atom. The Bertz CT molecular complexity index is 1180. The number of fused-ring (bicyclic) bond motifs is 2. The number of aromatic nitrogens is 1. The number of hydrogen-bond acceptors (Lipinski definition) is 3. The zero-order valence-corrected chi connectivity index (χ0v) is 17.7. The topological polar surface area (TPSA) is 82.3 Å². The van der Waals surface area contributed by atoms with Gasteiger partial charge in [-0.25, -0.2) is 0 Å². The van der Waals surface area contributed by atoms with Crippen LogP contribution in [0.25, 0.3) is 10.9 Å². The van der Waals surface area contributed by atoms with Gasteiger partial charge < -0.3 is 15.2 Å². The molecular formula is C25H27N3O3. The SMILES string of the molecule is CC(=O)N1CCCCCCCc2ccc(NC(=O)c3c[nH]c4ccccc4c3=O)cc21. The van der Waals surface area contributed by atoms with Crippen molar-refractivity contribution >= 4 is 34.1 Å². The normalized spacial score (nSPS) is 14.7. The molecule has 3 aromatic rings. The minimum atomic E-state index is -0.471. The summed E-state index contributed by atoms with van der Waals surface area (Å²) in [6.07, 6.45) is 7.87. The first-order valence-electron chi connectivity index (χ1n) is 10.9. The molecule has 2 N–H and O–H groups in total. The van der Waals surface area contributed by atoms with E-state index in [9.17, 15) is 14.4 Å². The molecule has 0 radical (unpaired) electrons. The van der Waals surface area contributed by atoms with Crippen molar-refractivity contribution in [1.82, 2.24) is 4.98 Å². The average Bonchev–Trinajstić information content (AvgIpc) is 2.77. The summed E-state index contributed by atoms with van der Waals surface area (Å²) < 4.78 is 0. The van der Waals surface area contributed by atoms with Crippen molar-refractivity contribution < 1.29 is 9.59 Å². The Kier molecular flexibility index (Phi) is 6.16. The number of aromatic amines is 1. The van der Waals surface area contributed by atoms with Crippen LogP contribution in [0, 0.1) is 0 Å². The number of carbonyl (C=O) groups excluding carboxylic acids is 2. The lowest BCUT2D eigenvalue weighted by atomic mass is 10.0. The molecule has 1 aromatic heterocycles. The molecule has 0 saturated carbocycles. The van der Waals surface area contributed by atoms with Crippen LogP contribution in [0.5, 0.6) is 0 Å². The third kappa shape index (κ3) is 4.53. The molecule has 0 aliphatic carbocycles. The van der Waals surface area contributed by atoms with E-state index < -0.39 is 5.91 Å². The maximum absolute atomic E-state index is 12.9. The smallest absolute Gasteiger partial charge is 0.261 e. The molecule has 2 amide bonds. The first-order valence-corrected chi connectivity index (χ1v) is 10.9. The van der Waals surface area contributed by atoms with Crippen LogP contribution in [-0.4, -0.2) is 23.3 Å². The summed E-state index contributed by atoms with van der Waals surface area (Å²) in [6.45, 7) is 2.25. The average molecular weight is 418 g/mol. The number of benzene rings is 2. The third-order valence-electron chi connectivity index (χ3n) is 5.87. The van der Waals surface area contributed by atoms with Gasteiger partial charge in [0.25, 0.3) is 5.91 Å². The number of nitrogens with one attached hydrogen (secondary N) is 2. The van der Waals surface area contributed by atoms with E-state index in [1.54, 1.807) is 30.0 Å². The van der Waals surface area contributed by atoms with E-state index in [0.29, 0.717) is 23.1 Å². The molecule has 2 heterocycles. The maximum atomic E-state index is 12.9. The second-order valence-electron chi connectivity index (χ2n) is 8.06. The highest BCUT2D eigenvalue weighted by Crippen LogP contribution is 2.29. The monoisotopic (exact) mass is 417 g/mol. The summed E-state index contributed by atoms with van der Waals surface area (Å²) >= 11 is 0. The number of para-hydroxylation sites is 1. The molecule has 160 valence electrons. The summed E-state index contributed by atoms with van der Waals surface area (Å²) in [4.78, 5) is 42.8. The van der Waals surface area contributed by atoms with Gasteiger partial charge in [0.15, 0.2) is 0 Å². The molecule has 0 atom stereocenters. The van der Waals surface area contributed by atoms with E-state index in [1.165, 1.54) is 19.0 Å². The van der Waals surface area contributed by atoms with E-state index in [1.807, 2.05) is 24.3 Å². The standard InChI is InChI=1S/C25H27N3O3/c1-17(29)28-14-8-4-2-3-5-9-18-12-13-19(15-23(18)28)27-25(31)21-16-26-22-11-7-6-10-20(22)24(21)30/h6-7,10-13,15-16H,2-5,8-9,14H2,1H3,(H,26,30)(H,27,31). The Balaban J connectivity index is 1.65. The molecule has 2 aromatic carbocycles. The number of hydrogen-bond donors (Lipinski definition) is 2. The number of H-pyrrole nitrogens is 1. The van der Waals surface area contributed by atoms with Crippen molar-refractivity contribution in [3.63, 3.8) is 0 Å². The highest BCUT2D eigenvalue weighted by molar-refractivity contribution is 6.06. The van der Waals surface area contributed by atoms with E-state index >= 15 is 0 Å². The van der Waals surface area contributed by atoms with Crippen molar-refractivity contribution in [1.29, 1.82) is 0 Å². The van der Waals surface area contributed by atoms with Gasteiger partial charge in [-0.3, -0.25) is 14.4 Å². The summed E-state index contributed by atoms with van der Waals surface area (Å²) in [5, 5.41) is 3.32. The van der Waals surface area contributed by atoms with Crippen LogP contribution in [0.2, 0.25) is 0 Å². The second-order valence-corrected chi connectivity index (χ2v) is 8.06. The molecule has 0 fully saturated rings. The van der Waals surface area contributed by atoms with Crippen molar-refractivity contribution in [2.75, 3.05) is 16.8 Å². The fourth-order valence-corrected chi connectivity index (χ4v) is 4.20. The Morgan fingerprint density at radius 1 is 1.00 bits per heavy atom. The number of amides is 2. The van der Waals surface area contributed by atoms with Crippen molar-refractivity contribution in [2.24, 2.45) is 0 Å².